The van der Waals surface area contributed by atoms with Crippen LogP contribution in [0.3, 0.4) is 0 Å². The van der Waals surface area contributed by atoms with E-state index in [9.17, 15) is 4.79 Å². The van der Waals surface area contributed by atoms with Gasteiger partial charge in [0.1, 0.15) is 0 Å². The lowest BCUT2D eigenvalue weighted by molar-refractivity contribution is -0.0692. The summed E-state index contributed by atoms with van der Waals surface area (Å²) in [6, 6.07) is 0.0502. The molecule has 0 aliphatic carbocycles. The molecule has 2 amide bonds. The fraction of sp³-hybridized carbons (Fsp3) is 0.824. The van der Waals surface area contributed by atoms with Crippen LogP contribution in [0.4, 0.5) is 4.79 Å². The second-order valence-electron chi connectivity index (χ2n) is 6.71. The number of carbonyl (C=O) groups is 1. The third kappa shape index (κ3) is 5.29. The van der Waals surface area contributed by atoms with Gasteiger partial charge in [-0.15, -0.1) is 6.58 Å². The van der Waals surface area contributed by atoms with Crippen LogP contribution >= 0.6 is 0 Å². The first-order valence-electron chi connectivity index (χ1n) is 8.60. The standard InChI is InChI=1S/C17H31N3O2/c1-4-8-18-17(21)20-10-6-16(7-11-20)5-9-19-12-14(2)22-15(3)13-19/h4,14-16H,1,5-13H2,2-3H3,(H,18,21)/t14-,15-/m0/s1. The summed E-state index contributed by atoms with van der Waals surface area (Å²) in [5.41, 5.74) is 0. The van der Waals surface area contributed by atoms with E-state index in [1.165, 1.54) is 6.42 Å². The number of urea groups is 1. The van der Waals surface area contributed by atoms with Crippen LogP contribution in [-0.4, -0.2) is 67.3 Å². The van der Waals surface area contributed by atoms with Crippen LogP contribution in [0.25, 0.3) is 0 Å². The number of rotatable bonds is 5. The van der Waals surface area contributed by atoms with Gasteiger partial charge in [0.05, 0.1) is 12.2 Å². The van der Waals surface area contributed by atoms with Gasteiger partial charge in [0.25, 0.3) is 0 Å². The van der Waals surface area contributed by atoms with E-state index in [2.05, 4.69) is 30.6 Å². The largest absolute Gasteiger partial charge is 0.373 e. The van der Waals surface area contributed by atoms with Crippen LogP contribution in [0.5, 0.6) is 0 Å². The Balaban J connectivity index is 1.65. The third-order valence-electron chi connectivity index (χ3n) is 4.65. The first-order chi connectivity index (χ1) is 10.6. The van der Waals surface area contributed by atoms with Gasteiger partial charge in [-0.25, -0.2) is 4.79 Å². The SMILES string of the molecule is C=CCNC(=O)N1CCC(CCN2C[C@H](C)O[C@@H](C)C2)CC1. The van der Waals surface area contributed by atoms with E-state index in [4.69, 9.17) is 4.74 Å². The van der Waals surface area contributed by atoms with Crippen molar-refractivity contribution in [3.63, 3.8) is 0 Å². The number of hydrogen-bond acceptors (Lipinski definition) is 3. The van der Waals surface area contributed by atoms with Crippen LogP contribution in [-0.2, 0) is 4.74 Å². The Morgan fingerprint density at radius 3 is 2.50 bits per heavy atom. The molecule has 5 nitrogen and oxygen atoms in total. The maximum absolute atomic E-state index is 11.9. The van der Waals surface area contributed by atoms with Crippen molar-refractivity contribution in [3.8, 4) is 0 Å². The van der Waals surface area contributed by atoms with Crippen LogP contribution in [0, 0.1) is 5.92 Å². The summed E-state index contributed by atoms with van der Waals surface area (Å²) in [6.45, 7) is 13.5. The number of amides is 2. The molecule has 0 radical (unpaired) electrons. The molecule has 2 fully saturated rings. The molecule has 0 aromatic carbocycles. The number of carbonyl (C=O) groups excluding carboxylic acids is 1. The predicted octanol–water partition coefficient (Wildman–Crippen LogP) is 2.09. The molecule has 0 spiro atoms. The second kappa shape index (κ2) is 8.53. The molecule has 2 saturated heterocycles. The van der Waals surface area contributed by atoms with Crippen LogP contribution in [0.1, 0.15) is 33.1 Å². The van der Waals surface area contributed by atoms with Gasteiger partial charge in [0.2, 0.25) is 0 Å². The fourth-order valence-corrected chi connectivity index (χ4v) is 3.53. The van der Waals surface area contributed by atoms with E-state index in [1.807, 2.05) is 4.90 Å². The average molecular weight is 309 g/mol. The highest BCUT2D eigenvalue weighted by atomic mass is 16.5. The summed E-state index contributed by atoms with van der Waals surface area (Å²) >= 11 is 0. The zero-order chi connectivity index (χ0) is 15.9. The predicted molar refractivity (Wildman–Crippen MR) is 89.0 cm³/mol. The quantitative estimate of drug-likeness (QED) is 0.791. The normalized spacial score (nSPS) is 27.6. The Hall–Kier alpha value is -1.07. The summed E-state index contributed by atoms with van der Waals surface area (Å²) in [6.07, 6.45) is 5.89. The van der Waals surface area contributed by atoms with E-state index < -0.39 is 0 Å². The Bertz CT molecular complexity index is 357. The van der Waals surface area contributed by atoms with Crippen molar-refractivity contribution in [1.29, 1.82) is 0 Å². The van der Waals surface area contributed by atoms with E-state index in [-0.39, 0.29) is 6.03 Å². The number of hydrogen-bond donors (Lipinski definition) is 1. The molecule has 0 aromatic heterocycles. The molecule has 126 valence electrons. The monoisotopic (exact) mass is 309 g/mol. The molecule has 0 aromatic rings. The van der Waals surface area contributed by atoms with Gasteiger partial charge in [0, 0.05) is 32.7 Å². The maximum Gasteiger partial charge on any atom is 0.317 e. The first kappa shape index (κ1) is 17.3. The summed E-state index contributed by atoms with van der Waals surface area (Å²) in [5.74, 6) is 0.747. The molecule has 2 heterocycles. The molecule has 0 saturated carbocycles. The zero-order valence-corrected chi connectivity index (χ0v) is 14.1. The van der Waals surface area contributed by atoms with Gasteiger partial charge in [-0.3, -0.25) is 4.90 Å². The number of nitrogens with one attached hydrogen (secondary N) is 1. The Labute approximate surface area is 134 Å². The molecule has 2 rings (SSSR count). The molecular weight excluding hydrogens is 278 g/mol. The lowest BCUT2D eigenvalue weighted by Gasteiger charge is -2.37. The fourth-order valence-electron chi connectivity index (χ4n) is 3.53. The van der Waals surface area contributed by atoms with Gasteiger partial charge in [-0.1, -0.05) is 6.08 Å². The summed E-state index contributed by atoms with van der Waals surface area (Å²) < 4.78 is 5.78. The third-order valence-corrected chi connectivity index (χ3v) is 4.65. The minimum Gasteiger partial charge on any atom is -0.373 e. The Morgan fingerprint density at radius 2 is 1.91 bits per heavy atom. The van der Waals surface area contributed by atoms with E-state index in [0.29, 0.717) is 18.8 Å². The molecular formula is C17H31N3O2. The molecule has 22 heavy (non-hydrogen) atoms. The minimum absolute atomic E-state index is 0.0502. The van der Waals surface area contributed by atoms with Crippen molar-refractivity contribution >= 4 is 6.03 Å². The molecule has 2 aliphatic rings. The summed E-state index contributed by atoms with van der Waals surface area (Å²) in [5, 5.41) is 2.86. The van der Waals surface area contributed by atoms with Gasteiger partial charge in [0.15, 0.2) is 0 Å². The molecule has 2 atom stereocenters. The number of nitrogens with zero attached hydrogens (tertiary/aromatic N) is 2. The highest BCUT2D eigenvalue weighted by Crippen LogP contribution is 2.22. The van der Waals surface area contributed by atoms with Crippen molar-refractivity contribution in [2.75, 3.05) is 39.3 Å². The Kier molecular flexibility index (Phi) is 6.70. The number of piperidine rings is 1. The highest BCUT2D eigenvalue weighted by Gasteiger charge is 2.25. The number of morpholine rings is 1. The average Bonchev–Trinajstić information content (AvgIpc) is 2.50. The van der Waals surface area contributed by atoms with Gasteiger partial charge in [-0.2, -0.15) is 0 Å². The minimum atomic E-state index is 0.0502. The summed E-state index contributed by atoms with van der Waals surface area (Å²) in [7, 11) is 0. The molecule has 0 unspecified atom stereocenters. The second-order valence-corrected chi connectivity index (χ2v) is 6.71. The summed E-state index contributed by atoms with van der Waals surface area (Å²) in [4.78, 5) is 16.3. The van der Waals surface area contributed by atoms with Crippen molar-refractivity contribution in [3.05, 3.63) is 12.7 Å². The van der Waals surface area contributed by atoms with E-state index in [1.54, 1.807) is 6.08 Å². The van der Waals surface area contributed by atoms with Crippen LogP contribution in [0.15, 0.2) is 12.7 Å². The van der Waals surface area contributed by atoms with Crippen molar-refractivity contribution in [2.45, 2.75) is 45.3 Å². The van der Waals surface area contributed by atoms with Crippen LogP contribution in [0.2, 0.25) is 0 Å². The van der Waals surface area contributed by atoms with Gasteiger partial charge in [-0.05, 0) is 45.6 Å². The Morgan fingerprint density at radius 1 is 1.27 bits per heavy atom. The highest BCUT2D eigenvalue weighted by molar-refractivity contribution is 5.74. The topological polar surface area (TPSA) is 44.8 Å². The molecule has 1 N–H and O–H groups in total. The lowest BCUT2D eigenvalue weighted by Crippen LogP contribution is -2.47. The maximum atomic E-state index is 11.9. The van der Waals surface area contributed by atoms with Gasteiger partial charge >= 0.3 is 6.03 Å². The van der Waals surface area contributed by atoms with E-state index >= 15 is 0 Å². The lowest BCUT2D eigenvalue weighted by atomic mass is 9.93. The zero-order valence-electron chi connectivity index (χ0n) is 14.1. The van der Waals surface area contributed by atoms with Crippen molar-refractivity contribution < 1.29 is 9.53 Å². The first-order valence-corrected chi connectivity index (χ1v) is 8.60. The van der Waals surface area contributed by atoms with Gasteiger partial charge < -0.3 is 15.0 Å². The van der Waals surface area contributed by atoms with Crippen LogP contribution < -0.4 is 5.32 Å². The van der Waals surface area contributed by atoms with E-state index in [0.717, 1.165) is 51.5 Å². The smallest absolute Gasteiger partial charge is 0.317 e. The molecule has 2 aliphatic heterocycles. The van der Waals surface area contributed by atoms with Crippen molar-refractivity contribution in [1.82, 2.24) is 15.1 Å². The molecule has 0 bridgehead atoms. The number of likely N-dealkylation sites (tertiary alicyclic amines) is 1. The van der Waals surface area contributed by atoms with Crippen molar-refractivity contribution in [2.24, 2.45) is 5.92 Å². The number of ether oxygens (including phenoxy) is 1. The molecule has 5 heteroatoms.